The summed E-state index contributed by atoms with van der Waals surface area (Å²) in [5.74, 6) is -0.403. The van der Waals surface area contributed by atoms with Crippen molar-refractivity contribution in [2.24, 2.45) is 0 Å². The van der Waals surface area contributed by atoms with Crippen LogP contribution >= 0.6 is 0 Å². The molecule has 2 aromatic carbocycles. The second kappa shape index (κ2) is 8.18. The molecule has 0 atom stereocenters. The minimum Gasteiger partial charge on any atom is -0.468 e. The Hall–Kier alpha value is -3.61. The van der Waals surface area contributed by atoms with Crippen molar-refractivity contribution in [1.82, 2.24) is 15.1 Å². The molecule has 0 aliphatic rings. The highest BCUT2D eigenvalue weighted by Gasteiger charge is 2.25. The molecule has 3 rings (SSSR count). The maximum absolute atomic E-state index is 12.9. The van der Waals surface area contributed by atoms with E-state index in [0.29, 0.717) is 17.1 Å². The molecule has 0 aliphatic heterocycles. The monoisotopic (exact) mass is 364 g/mol. The van der Waals surface area contributed by atoms with Crippen LogP contribution in [0.2, 0.25) is 0 Å². The highest BCUT2D eigenvalue weighted by molar-refractivity contribution is 6.05. The van der Waals surface area contributed by atoms with E-state index in [1.807, 2.05) is 60.7 Å². The number of ether oxygens (including phenoxy) is 1. The predicted molar refractivity (Wildman–Crippen MR) is 103 cm³/mol. The van der Waals surface area contributed by atoms with E-state index in [0.717, 1.165) is 11.3 Å². The molecule has 0 unspecified atom stereocenters. The summed E-state index contributed by atoms with van der Waals surface area (Å²) < 4.78 is 6.27. The maximum Gasteiger partial charge on any atom is 0.325 e. The summed E-state index contributed by atoms with van der Waals surface area (Å²) in [5.41, 5.74) is 2.49. The number of hydrogen-bond acceptors (Lipinski definition) is 5. The fraction of sp³-hybridized carbons (Fsp3) is 0.150. The summed E-state index contributed by atoms with van der Waals surface area (Å²) >= 11 is 0. The summed E-state index contributed by atoms with van der Waals surface area (Å²) in [7, 11) is 3.00. The zero-order valence-corrected chi connectivity index (χ0v) is 15.1. The van der Waals surface area contributed by atoms with E-state index in [2.05, 4.69) is 20.5 Å². The number of para-hydroxylation sites is 1. The number of carbonyl (C=O) groups is 2. The number of carbonyl (C=O) groups excluding carboxylic acids is 2. The fourth-order valence-electron chi connectivity index (χ4n) is 2.73. The molecule has 7 nitrogen and oxygen atoms in total. The van der Waals surface area contributed by atoms with Gasteiger partial charge in [0.1, 0.15) is 23.6 Å². The van der Waals surface area contributed by atoms with Crippen LogP contribution in [-0.4, -0.2) is 42.4 Å². The number of anilines is 1. The first-order valence-corrected chi connectivity index (χ1v) is 8.42. The van der Waals surface area contributed by atoms with Gasteiger partial charge in [-0.15, -0.1) is 0 Å². The van der Waals surface area contributed by atoms with Crippen LogP contribution < -0.4 is 10.6 Å². The van der Waals surface area contributed by atoms with Gasteiger partial charge in [-0.2, -0.15) is 5.10 Å². The molecule has 1 amide bonds. The summed E-state index contributed by atoms with van der Waals surface area (Å²) in [6.07, 6.45) is 0. The molecule has 27 heavy (non-hydrogen) atoms. The Morgan fingerprint density at radius 2 is 1.67 bits per heavy atom. The molecule has 0 saturated heterocycles. The molecule has 3 aromatic rings. The molecular weight excluding hydrogens is 344 g/mol. The van der Waals surface area contributed by atoms with Gasteiger partial charge in [-0.1, -0.05) is 48.5 Å². The highest BCUT2D eigenvalue weighted by atomic mass is 16.5. The number of nitrogens with zero attached hydrogens (tertiary/aromatic N) is 2. The Balaban J connectivity index is 2.12. The molecule has 0 radical (unpaired) electrons. The first-order valence-electron chi connectivity index (χ1n) is 8.42. The van der Waals surface area contributed by atoms with Crippen molar-refractivity contribution < 1.29 is 14.3 Å². The van der Waals surface area contributed by atoms with Crippen molar-refractivity contribution >= 4 is 17.7 Å². The molecule has 0 fully saturated rings. The van der Waals surface area contributed by atoms with E-state index >= 15 is 0 Å². The lowest BCUT2D eigenvalue weighted by atomic mass is 10.1. The van der Waals surface area contributed by atoms with Crippen LogP contribution in [0.3, 0.4) is 0 Å². The number of esters is 1. The molecule has 1 heterocycles. The van der Waals surface area contributed by atoms with Gasteiger partial charge in [-0.3, -0.25) is 9.59 Å². The third kappa shape index (κ3) is 3.82. The highest BCUT2D eigenvalue weighted by Crippen LogP contribution is 2.30. The van der Waals surface area contributed by atoms with Gasteiger partial charge in [0, 0.05) is 12.6 Å². The Morgan fingerprint density at radius 3 is 2.26 bits per heavy atom. The van der Waals surface area contributed by atoms with Crippen LogP contribution in [0.15, 0.2) is 60.7 Å². The molecule has 7 heteroatoms. The maximum atomic E-state index is 12.9. The van der Waals surface area contributed by atoms with Crippen LogP contribution in [0.25, 0.3) is 16.9 Å². The summed E-state index contributed by atoms with van der Waals surface area (Å²) in [6.45, 7) is -0.219. The molecular formula is C20H20N4O3. The van der Waals surface area contributed by atoms with Gasteiger partial charge in [0.05, 0.1) is 12.8 Å². The average Bonchev–Trinajstić information content (AvgIpc) is 3.12. The van der Waals surface area contributed by atoms with E-state index in [4.69, 9.17) is 0 Å². The van der Waals surface area contributed by atoms with Crippen LogP contribution in [0.4, 0.5) is 5.82 Å². The van der Waals surface area contributed by atoms with Crippen LogP contribution in [0, 0.1) is 0 Å². The van der Waals surface area contributed by atoms with Gasteiger partial charge in [-0.25, -0.2) is 4.68 Å². The van der Waals surface area contributed by atoms with Gasteiger partial charge in [0.2, 0.25) is 0 Å². The van der Waals surface area contributed by atoms with Crippen LogP contribution in [0.1, 0.15) is 10.4 Å². The summed E-state index contributed by atoms with van der Waals surface area (Å²) in [6, 6.07) is 18.9. The topological polar surface area (TPSA) is 85.2 Å². The van der Waals surface area contributed by atoms with Gasteiger partial charge in [0.25, 0.3) is 5.91 Å². The Labute approximate surface area is 157 Å². The quantitative estimate of drug-likeness (QED) is 0.657. The van der Waals surface area contributed by atoms with E-state index < -0.39 is 11.9 Å². The first kappa shape index (κ1) is 18.2. The van der Waals surface area contributed by atoms with Crippen molar-refractivity contribution in [1.29, 1.82) is 0 Å². The Kier molecular flexibility index (Phi) is 5.51. The normalized spacial score (nSPS) is 10.3. The van der Waals surface area contributed by atoms with Gasteiger partial charge < -0.3 is 15.4 Å². The fourth-order valence-corrected chi connectivity index (χ4v) is 2.73. The largest absolute Gasteiger partial charge is 0.468 e. The van der Waals surface area contributed by atoms with Crippen molar-refractivity contribution in [2.45, 2.75) is 0 Å². The third-order valence-electron chi connectivity index (χ3n) is 4.02. The van der Waals surface area contributed by atoms with E-state index in [9.17, 15) is 9.59 Å². The number of benzene rings is 2. The third-order valence-corrected chi connectivity index (χ3v) is 4.02. The molecule has 0 saturated carbocycles. The number of rotatable bonds is 6. The SMILES string of the molecule is CNc1c(C(=O)NCC(=O)OC)c(-c2ccccc2)nn1-c1ccccc1. The van der Waals surface area contributed by atoms with Crippen molar-refractivity contribution in [3.8, 4) is 16.9 Å². The molecule has 1 aromatic heterocycles. The standard InChI is InChI=1S/C20H20N4O3/c1-21-19-17(20(26)22-13-16(25)27-2)18(14-9-5-3-6-10-14)23-24(19)15-11-7-4-8-12-15/h3-12,21H,13H2,1-2H3,(H,22,26). The van der Waals surface area contributed by atoms with Crippen molar-refractivity contribution in [3.63, 3.8) is 0 Å². The molecule has 0 bridgehead atoms. The summed E-state index contributed by atoms with van der Waals surface area (Å²) in [4.78, 5) is 24.3. The lowest BCUT2D eigenvalue weighted by Gasteiger charge is -2.09. The number of nitrogens with one attached hydrogen (secondary N) is 2. The van der Waals surface area contributed by atoms with E-state index in [-0.39, 0.29) is 6.54 Å². The second-order valence-corrected chi connectivity index (χ2v) is 5.69. The number of aromatic nitrogens is 2. The van der Waals surface area contributed by atoms with Gasteiger partial charge in [0.15, 0.2) is 0 Å². The number of methoxy groups -OCH3 is 1. The van der Waals surface area contributed by atoms with Crippen molar-refractivity contribution in [2.75, 3.05) is 26.0 Å². The smallest absolute Gasteiger partial charge is 0.325 e. The van der Waals surface area contributed by atoms with Crippen LogP contribution in [0.5, 0.6) is 0 Å². The summed E-state index contributed by atoms with van der Waals surface area (Å²) in [5, 5.41) is 10.3. The Morgan fingerprint density at radius 1 is 1.04 bits per heavy atom. The van der Waals surface area contributed by atoms with Crippen molar-refractivity contribution in [3.05, 3.63) is 66.2 Å². The molecule has 2 N–H and O–H groups in total. The number of amides is 1. The lowest BCUT2D eigenvalue weighted by Crippen LogP contribution is -2.30. The molecule has 0 spiro atoms. The first-order chi connectivity index (χ1) is 13.2. The molecule has 0 aliphatic carbocycles. The predicted octanol–water partition coefficient (Wildman–Crippen LogP) is 2.48. The number of hydrogen-bond donors (Lipinski definition) is 2. The lowest BCUT2D eigenvalue weighted by molar-refractivity contribution is -0.139. The Bertz CT molecular complexity index is 937. The van der Waals surface area contributed by atoms with Gasteiger partial charge in [-0.05, 0) is 12.1 Å². The van der Waals surface area contributed by atoms with Crippen LogP contribution in [-0.2, 0) is 9.53 Å². The minimum atomic E-state index is -0.522. The average molecular weight is 364 g/mol. The molecule has 138 valence electrons. The van der Waals surface area contributed by atoms with E-state index in [1.165, 1.54) is 7.11 Å². The minimum absolute atomic E-state index is 0.219. The second-order valence-electron chi connectivity index (χ2n) is 5.69. The van der Waals surface area contributed by atoms with Gasteiger partial charge >= 0.3 is 5.97 Å². The van der Waals surface area contributed by atoms with E-state index in [1.54, 1.807) is 11.7 Å². The zero-order chi connectivity index (χ0) is 19.2. The zero-order valence-electron chi connectivity index (χ0n) is 15.1.